The van der Waals surface area contributed by atoms with Crippen molar-refractivity contribution in [1.29, 1.82) is 0 Å². The molecule has 1 aromatic heterocycles. The van der Waals surface area contributed by atoms with E-state index in [1.807, 2.05) is 0 Å². The van der Waals surface area contributed by atoms with E-state index in [2.05, 4.69) is 9.97 Å². The van der Waals surface area contributed by atoms with Gasteiger partial charge in [0.15, 0.2) is 5.69 Å². The number of halogens is 2. The lowest BCUT2D eigenvalue weighted by Gasteiger charge is -2.09. The largest absolute Gasteiger partial charge is 0.414 e. The minimum atomic E-state index is -2.27. The zero-order valence-electron chi connectivity index (χ0n) is 7.80. The molecule has 0 aliphatic rings. The minimum absolute atomic E-state index is 0.0977. The van der Waals surface area contributed by atoms with Crippen molar-refractivity contribution in [2.24, 2.45) is 0 Å². The fraction of sp³-hybridized carbons (Fsp3) is 0.111. The summed E-state index contributed by atoms with van der Waals surface area (Å²) < 4.78 is -2.27. The summed E-state index contributed by atoms with van der Waals surface area (Å²) in [6, 6.07) is 6.95. The first-order valence-electron chi connectivity index (χ1n) is 4.26. The van der Waals surface area contributed by atoms with E-state index >= 15 is 0 Å². The molecule has 2 aromatic rings. The van der Waals surface area contributed by atoms with Crippen LogP contribution in [0, 0.1) is 10.1 Å². The van der Waals surface area contributed by atoms with Gasteiger partial charge in [0.2, 0.25) is 0 Å². The third kappa shape index (κ3) is 1.79. The zero-order chi connectivity index (χ0) is 11.8. The summed E-state index contributed by atoms with van der Waals surface area (Å²) in [4.78, 5) is 17.8. The van der Waals surface area contributed by atoms with Gasteiger partial charge in [-0.2, -0.15) is 0 Å². The topological polar surface area (TPSA) is 68.9 Å². The Hall–Kier alpha value is -1.46. The van der Waals surface area contributed by atoms with Crippen molar-refractivity contribution in [2.75, 3.05) is 0 Å². The molecule has 0 saturated heterocycles. The maximum absolute atomic E-state index is 10.6. The monoisotopic (exact) mass is 257 g/mol. The van der Waals surface area contributed by atoms with Crippen molar-refractivity contribution in [2.45, 2.75) is 4.46 Å². The highest BCUT2D eigenvalue weighted by molar-refractivity contribution is 6.46. The average molecular weight is 258 g/mol. The van der Waals surface area contributed by atoms with E-state index in [4.69, 9.17) is 23.2 Å². The Morgan fingerprint density at radius 3 is 2.50 bits per heavy atom. The molecule has 7 heteroatoms. The second-order valence-electron chi connectivity index (χ2n) is 3.04. The molecule has 1 aromatic carbocycles. The number of nitro groups is 1. The quantitative estimate of drug-likeness (QED) is 0.359. The number of fused-ring (bicyclic) bond motifs is 1. The van der Waals surface area contributed by atoms with Crippen LogP contribution in [-0.2, 0) is 4.46 Å². The highest BCUT2D eigenvalue weighted by Crippen LogP contribution is 2.32. The maximum atomic E-state index is 10.6. The maximum Gasteiger partial charge on any atom is 0.414 e. The lowest BCUT2D eigenvalue weighted by atomic mass is 10.3. The van der Waals surface area contributed by atoms with Crippen LogP contribution in [0.5, 0.6) is 0 Å². The van der Waals surface area contributed by atoms with Gasteiger partial charge in [-0.25, -0.2) is 4.98 Å². The lowest BCUT2D eigenvalue weighted by Crippen LogP contribution is -2.23. The molecule has 2 rings (SSSR count). The number of rotatable bonds is 2. The standard InChI is InChI=1S/C9H5Cl2N3O2/c10-9(11,14(15)16)8-5-12-6-3-1-2-4-7(6)13-8/h1-5H. The first-order chi connectivity index (χ1) is 7.51. The molecule has 0 saturated carbocycles. The molecule has 0 aliphatic heterocycles. The molecule has 5 nitrogen and oxygen atoms in total. The van der Waals surface area contributed by atoms with Crippen LogP contribution in [0.3, 0.4) is 0 Å². The lowest BCUT2D eigenvalue weighted by molar-refractivity contribution is -0.523. The Bertz CT molecular complexity index is 559. The molecule has 0 aliphatic carbocycles. The normalized spacial score (nSPS) is 11.6. The first kappa shape index (κ1) is 11.0. The minimum Gasteiger partial charge on any atom is -0.261 e. The number of aromatic nitrogens is 2. The molecule has 0 atom stereocenters. The Morgan fingerprint density at radius 2 is 1.88 bits per heavy atom. The van der Waals surface area contributed by atoms with E-state index in [0.717, 1.165) is 0 Å². The van der Waals surface area contributed by atoms with Gasteiger partial charge in [-0.05, 0) is 35.3 Å². The molecule has 0 fully saturated rings. The molecule has 0 spiro atoms. The van der Waals surface area contributed by atoms with Crippen LogP contribution in [0.4, 0.5) is 0 Å². The van der Waals surface area contributed by atoms with Crippen LogP contribution >= 0.6 is 23.2 Å². The number of nitrogens with zero attached hydrogens (tertiary/aromatic N) is 3. The number of alkyl halides is 2. The summed E-state index contributed by atoms with van der Waals surface area (Å²) in [6.45, 7) is 0. The van der Waals surface area contributed by atoms with E-state index < -0.39 is 9.38 Å². The van der Waals surface area contributed by atoms with E-state index in [1.54, 1.807) is 24.3 Å². The Morgan fingerprint density at radius 1 is 1.25 bits per heavy atom. The molecule has 82 valence electrons. The van der Waals surface area contributed by atoms with E-state index in [-0.39, 0.29) is 5.69 Å². The predicted octanol–water partition coefficient (Wildman–Crippen LogP) is 2.49. The summed E-state index contributed by atoms with van der Waals surface area (Å²) in [5, 5.41) is 10.6. The molecular weight excluding hydrogens is 253 g/mol. The third-order valence-corrected chi connectivity index (χ3v) is 2.65. The molecular formula is C9H5Cl2N3O2. The molecule has 0 unspecified atom stereocenters. The molecule has 16 heavy (non-hydrogen) atoms. The smallest absolute Gasteiger partial charge is 0.261 e. The second kappa shape index (κ2) is 3.84. The number of hydrogen-bond donors (Lipinski definition) is 0. The van der Waals surface area contributed by atoms with E-state index in [9.17, 15) is 10.1 Å². The Kier molecular flexibility index (Phi) is 2.65. The molecule has 1 heterocycles. The summed E-state index contributed by atoms with van der Waals surface area (Å²) in [7, 11) is 0. The van der Waals surface area contributed by atoms with Gasteiger partial charge in [0.25, 0.3) is 0 Å². The summed E-state index contributed by atoms with van der Waals surface area (Å²) >= 11 is 11.1. The fourth-order valence-electron chi connectivity index (χ4n) is 1.20. The van der Waals surface area contributed by atoms with Crippen LogP contribution < -0.4 is 0 Å². The molecule has 0 bridgehead atoms. The van der Waals surface area contributed by atoms with Crippen molar-refractivity contribution in [3.63, 3.8) is 0 Å². The van der Waals surface area contributed by atoms with Crippen LogP contribution in [0.25, 0.3) is 11.0 Å². The van der Waals surface area contributed by atoms with Crippen molar-refractivity contribution in [1.82, 2.24) is 9.97 Å². The molecule has 0 radical (unpaired) electrons. The SMILES string of the molecule is O=[N+]([O-])C(Cl)(Cl)c1cnc2ccccc2n1. The van der Waals surface area contributed by atoms with E-state index in [1.165, 1.54) is 6.20 Å². The summed E-state index contributed by atoms with van der Waals surface area (Å²) in [5.41, 5.74) is 1.03. The second-order valence-corrected chi connectivity index (χ2v) is 4.33. The van der Waals surface area contributed by atoms with Gasteiger partial charge in [-0.1, -0.05) is 12.1 Å². The van der Waals surface area contributed by atoms with Crippen molar-refractivity contribution < 1.29 is 4.92 Å². The average Bonchev–Trinajstić information content (AvgIpc) is 2.28. The van der Waals surface area contributed by atoms with Crippen molar-refractivity contribution in [3.8, 4) is 0 Å². The molecule has 0 N–H and O–H groups in total. The number of hydrogen-bond acceptors (Lipinski definition) is 4. The Balaban J connectivity index is 2.59. The van der Waals surface area contributed by atoms with E-state index in [0.29, 0.717) is 11.0 Å². The molecule has 0 amide bonds. The first-order valence-corrected chi connectivity index (χ1v) is 5.02. The van der Waals surface area contributed by atoms with Crippen LogP contribution in [0.1, 0.15) is 5.69 Å². The fourth-order valence-corrected chi connectivity index (χ4v) is 1.38. The van der Waals surface area contributed by atoms with Gasteiger partial charge >= 0.3 is 4.46 Å². The number of para-hydroxylation sites is 2. The van der Waals surface area contributed by atoms with Gasteiger partial charge in [0.05, 0.1) is 22.2 Å². The summed E-state index contributed by atoms with van der Waals surface area (Å²) in [5.74, 6) is 0. The van der Waals surface area contributed by atoms with Gasteiger partial charge in [0.1, 0.15) is 0 Å². The highest BCUT2D eigenvalue weighted by Gasteiger charge is 2.42. The van der Waals surface area contributed by atoms with Crippen LogP contribution in [-0.4, -0.2) is 14.9 Å². The summed E-state index contributed by atoms with van der Waals surface area (Å²) in [6.07, 6.45) is 1.20. The van der Waals surface area contributed by atoms with Crippen LogP contribution in [0.2, 0.25) is 0 Å². The highest BCUT2D eigenvalue weighted by atomic mass is 35.5. The Labute approximate surface area is 100 Å². The number of benzene rings is 1. The van der Waals surface area contributed by atoms with Gasteiger partial charge in [0, 0.05) is 0 Å². The van der Waals surface area contributed by atoms with Crippen molar-refractivity contribution in [3.05, 3.63) is 46.3 Å². The third-order valence-electron chi connectivity index (χ3n) is 1.99. The predicted molar refractivity (Wildman–Crippen MR) is 59.9 cm³/mol. The van der Waals surface area contributed by atoms with Gasteiger partial charge < -0.3 is 0 Å². The van der Waals surface area contributed by atoms with Crippen LogP contribution in [0.15, 0.2) is 30.5 Å². The van der Waals surface area contributed by atoms with Gasteiger partial charge in [-0.15, -0.1) is 0 Å². The van der Waals surface area contributed by atoms with Crippen molar-refractivity contribution >= 4 is 34.2 Å². The zero-order valence-corrected chi connectivity index (χ0v) is 9.31. The van der Waals surface area contributed by atoms with Gasteiger partial charge in [-0.3, -0.25) is 15.1 Å².